The number of aromatic nitrogens is 2. The molecule has 0 bridgehead atoms. The van der Waals surface area contributed by atoms with E-state index >= 15 is 0 Å². The summed E-state index contributed by atoms with van der Waals surface area (Å²) in [6, 6.07) is 22.1. The summed E-state index contributed by atoms with van der Waals surface area (Å²) in [4.78, 5) is 29.3. The fraction of sp³-hybridized carbons (Fsp3) is 0.0800. The number of ether oxygens (including phenoxy) is 2. The monoisotopic (exact) mass is 528 g/mol. The number of carbonyl (C=O) groups is 2. The molecule has 0 radical (unpaired) electrons. The van der Waals surface area contributed by atoms with Gasteiger partial charge >= 0.3 is 35.5 Å². The summed E-state index contributed by atoms with van der Waals surface area (Å²) in [6.07, 6.45) is 1.17. The molecule has 1 amide bonds. The number of amides is 1. The first-order valence-corrected chi connectivity index (χ1v) is 12.1. The van der Waals surface area contributed by atoms with E-state index < -0.39 is 22.3 Å². The molecule has 0 fully saturated rings. The second kappa shape index (κ2) is 12.5. The van der Waals surface area contributed by atoms with Gasteiger partial charge in [-0.1, -0.05) is 60.7 Å². The van der Waals surface area contributed by atoms with Crippen LogP contribution in [0.3, 0.4) is 0 Å². The van der Waals surface area contributed by atoms with Crippen LogP contribution in [0.15, 0.2) is 91.3 Å². The van der Waals surface area contributed by atoms with Crippen LogP contribution in [0.4, 0.5) is 10.6 Å². The van der Waals surface area contributed by atoms with Crippen molar-refractivity contribution in [3.63, 3.8) is 0 Å². The molecule has 184 valence electrons. The molecule has 4 aromatic rings. The predicted molar refractivity (Wildman–Crippen MR) is 132 cm³/mol. The third-order valence-electron chi connectivity index (χ3n) is 5.00. The third kappa shape index (κ3) is 7.20. The quantitative estimate of drug-likeness (QED) is 0.266. The Morgan fingerprint density at radius 3 is 2.03 bits per heavy atom. The van der Waals surface area contributed by atoms with Crippen molar-refractivity contribution in [2.45, 2.75) is 13.2 Å². The Kier molecular flexibility index (Phi) is 9.48. The summed E-state index contributed by atoms with van der Waals surface area (Å²) < 4.78 is 40.1. The molecule has 0 aliphatic heterocycles. The van der Waals surface area contributed by atoms with Crippen LogP contribution in [-0.2, 0) is 32.9 Å². The van der Waals surface area contributed by atoms with Crippen LogP contribution in [0.5, 0.6) is 0 Å². The molecule has 2 N–H and O–H groups in total. The number of nitrogens with two attached hydrogens (primary N) is 1. The number of hydrogen-bond donors (Lipinski definition) is 1. The molecule has 2 aromatic carbocycles. The van der Waals surface area contributed by atoms with Crippen LogP contribution in [-0.4, -0.2) is 29.4 Å². The average Bonchev–Trinajstić information content (AvgIpc) is 3.34. The van der Waals surface area contributed by atoms with E-state index in [1.165, 1.54) is 18.3 Å². The van der Waals surface area contributed by atoms with Gasteiger partial charge in [0.15, 0.2) is 10.2 Å². The number of nitrogens with zero attached hydrogens (tertiary/aromatic N) is 3. The molecule has 4 rings (SSSR count). The Morgan fingerprint density at radius 1 is 0.865 bits per heavy atom. The van der Waals surface area contributed by atoms with Gasteiger partial charge in [-0.2, -0.15) is 0 Å². The molecular formula is C25H21N4NaO6S. The molecule has 12 heteroatoms. The third-order valence-corrected chi connectivity index (χ3v) is 6.18. The summed E-state index contributed by atoms with van der Waals surface area (Å²) >= 11 is 0. The standard InChI is InChI=1S/C25H22N4O6S.Na/c26-22-12-11-20(15-27-22)21-13-14-29(23(21)24(30)34-16-18-7-3-1-4-8-18)36(32,33)28-25(31)35-17-19-9-5-2-6-10-19;/h1-15H,16-17H2,(H3,26,27,28,30,31);/q;+1/p-1. The van der Waals surface area contributed by atoms with E-state index in [1.54, 1.807) is 60.7 Å². The van der Waals surface area contributed by atoms with Gasteiger partial charge in [0, 0.05) is 23.5 Å². The van der Waals surface area contributed by atoms with Gasteiger partial charge in [0.1, 0.15) is 24.7 Å². The molecule has 0 saturated carbocycles. The maximum Gasteiger partial charge on any atom is 1.00 e. The number of esters is 1. The Balaban J connectivity index is 0.00000380. The molecule has 0 spiro atoms. The minimum Gasteiger partial charge on any atom is -0.492 e. The van der Waals surface area contributed by atoms with Crippen molar-refractivity contribution in [3.8, 4) is 11.1 Å². The molecular weight excluding hydrogens is 507 g/mol. The van der Waals surface area contributed by atoms with Crippen LogP contribution < -0.4 is 35.3 Å². The minimum absolute atomic E-state index is 0. The van der Waals surface area contributed by atoms with E-state index in [1.807, 2.05) is 6.07 Å². The smallest absolute Gasteiger partial charge is 0.492 e. The molecule has 0 aliphatic carbocycles. The number of carbonyl (C=O) groups excluding carboxylic acids is 2. The zero-order chi connectivity index (χ0) is 25.5. The first-order valence-electron chi connectivity index (χ1n) is 10.7. The van der Waals surface area contributed by atoms with Crippen molar-refractivity contribution in [1.29, 1.82) is 0 Å². The van der Waals surface area contributed by atoms with Crippen molar-refractivity contribution in [2.75, 3.05) is 5.73 Å². The molecule has 2 aromatic heterocycles. The maximum atomic E-state index is 13.1. The number of hydrogen-bond acceptors (Lipinski definition) is 8. The Morgan fingerprint density at radius 2 is 1.46 bits per heavy atom. The van der Waals surface area contributed by atoms with Crippen molar-refractivity contribution >= 4 is 28.1 Å². The molecule has 10 nitrogen and oxygen atoms in total. The van der Waals surface area contributed by atoms with Crippen LogP contribution in [0, 0.1) is 0 Å². The van der Waals surface area contributed by atoms with Crippen LogP contribution >= 0.6 is 0 Å². The first kappa shape index (κ1) is 27.9. The van der Waals surface area contributed by atoms with Gasteiger partial charge in [-0.05, 0) is 29.3 Å². The van der Waals surface area contributed by atoms with Crippen molar-refractivity contribution in [3.05, 3.63) is 113 Å². The second-order valence-electron chi connectivity index (χ2n) is 7.52. The van der Waals surface area contributed by atoms with E-state index in [-0.39, 0.29) is 59.8 Å². The van der Waals surface area contributed by atoms with Crippen LogP contribution in [0.1, 0.15) is 21.6 Å². The number of anilines is 1. The molecule has 2 heterocycles. The van der Waals surface area contributed by atoms with Crippen LogP contribution in [0.25, 0.3) is 15.8 Å². The molecule has 0 aliphatic rings. The van der Waals surface area contributed by atoms with Gasteiger partial charge in [0.05, 0.1) is 0 Å². The number of benzene rings is 2. The Hall–Kier alpha value is -3.64. The zero-order valence-electron chi connectivity index (χ0n) is 19.9. The van der Waals surface area contributed by atoms with E-state index in [4.69, 9.17) is 15.2 Å². The summed E-state index contributed by atoms with van der Waals surface area (Å²) in [5.41, 5.74) is 7.27. The summed E-state index contributed by atoms with van der Waals surface area (Å²) in [6.45, 7) is -0.265. The van der Waals surface area contributed by atoms with Crippen molar-refractivity contribution < 1.29 is 57.0 Å². The number of rotatable bonds is 8. The van der Waals surface area contributed by atoms with Gasteiger partial charge in [0.2, 0.25) is 6.09 Å². The molecule has 0 unspecified atom stereocenters. The normalized spacial score (nSPS) is 10.7. The maximum absolute atomic E-state index is 13.1. The number of nitrogen functional groups attached to an aromatic ring is 1. The Labute approximate surface area is 235 Å². The van der Waals surface area contributed by atoms with Gasteiger partial charge in [-0.15, -0.1) is 0 Å². The second-order valence-corrected chi connectivity index (χ2v) is 8.99. The topological polar surface area (TPSA) is 145 Å². The van der Waals surface area contributed by atoms with E-state index in [0.717, 1.165) is 6.20 Å². The van der Waals surface area contributed by atoms with Gasteiger partial charge in [0.25, 0.3) is 0 Å². The predicted octanol–water partition coefficient (Wildman–Crippen LogP) is 1.30. The SMILES string of the molecule is Nc1ccc(-c2ccn(S(=O)(=O)[N-]C(=O)OCc3ccccc3)c2C(=O)OCc2ccccc2)cn1.[Na+]. The average molecular weight is 529 g/mol. The van der Waals surface area contributed by atoms with Gasteiger partial charge in [-0.25, -0.2) is 22.2 Å². The van der Waals surface area contributed by atoms with Gasteiger partial charge < -0.3 is 19.9 Å². The molecule has 37 heavy (non-hydrogen) atoms. The van der Waals surface area contributed by atoms with Crippen molar-refractivity contribution in [1.82, 2.24) is 8.96 Å². The fourth-order valence-corrected chi connectivity index (χ4v) is 4.23. The summed E-state index contributed by atoms with van der Waals surface area (Å²) in [5.74, 6) is -0.692. The first-order chi connectivity index (χ1) is 17.3. The minimum atomic E-state index is -4.70. The molecule has 0 atom stereocenters. The zero-order valence-corrected chi connectivity index (χ0v) is 22.7. The fourth-order valence-electron chi connectivity index (χ4n) is 3.28. The van der Waals surface area contributed by atoms with Gasteiger partial charge in [-0.3, -0.25) is 4.79 Å². The van der Waals surface area contributed by atoms with E-state index in [2.05, 4.69) is 9.71 Å². The largest absolute Gasteiger partial charge is 1.00 e. The summed E-state index contributed by atoms with van der Waals surface area (Å²) in [5, 5.41) is 0. The Bertz CT molecular complexity index is 1460. The number of pyridine rings is 1. The van der Waals surface area contributed by atoms with Crippen LogP contribution in [0.2, 0.25) is 0 Å². The van der Waals surface area contributed by atoms with Crippen molar-refractivity contribution in [2.24, 2.45) is 0 Å². The van der Waals surface area contributed by atoms with E-state index in [9.17, 15) is 18.0 Å². The molecule has 0 saturated heterocycles. The summed E-state index contributed by atoms with van der Waals surface area (Å²) in [7, 11) is -4.70. The van der Waals surface area contributed by atoms with E-state index in [0.29, 0.717) is 20.7 Å².